The molecule has 0 rings (SSSR count). The maximum atomic E-state index is 10.9. The number of aliphatic carboxylic acids is 1. The predicted octanol–water partition coefficient (Wildman–Crippen LogP) is 0.618. The fraction of sp³-hybridized carbons (Fsp3) is 0.833. The van der Waals surface area contributed by atoms with Crippen molar-refractivity contribution in [3.8, 4) is 0 Å². The molecule has 0 saturated carbocycles. The van der Waals surface area contributed by atoms with Crippen molar-refractivity contribution < 1.29 is 14.1 Å². The lowest BCUT2D eigenvalue weighted by Gasteiger charge is -2.01. The lowest BCUT2D eigenvalue weighted by Crippen LogP contribution is -2.12. The largest absolute Gasteiger partial charge is 0.481 e. The number of hydrogen-bond acceptors (Lipinski definition) is 2. The van der Waals surface area contributed by atoms with Gasteiger partial charge in [-0.3, -0.25) is 9.00 Å². The molecule has 0 aromatic heterocycles. The van der Waals surface area contributed by atoms with Crippen molar-refractivity contribution in [3.63, 3.8) is 0 Å². The van der Waals surface area contributed by atoms with E-state index in [1.807, 2.05) is 13.8 Å². The molecule has 0 radical (unpaired) electrons. The van der Waals surface area contributed by atoms with Crippen molar-refractivity contribution in [1.29, 1.82) is 0 Å². The van der Waals surface area contributed by atoms with Crippen molar-refractivity contribution in [2.24, 2.45) is 0 Å². The zero-order valence-corrected chi connectivity index (χ0v) is 6.98. The highest BCUT2D eigenvalue weighted by molar-refractivity contribution is 7.85. The second-order valence-electron chi connectivity index (χ2n) is 2.28. The molecule has 0 saturated heterocycles. The van der Waals surface area contributed by atoms with E-state index in [9.17, 15) is 9.00 Å². The summed E-state index contributed by atoms with van der Waals surface area (Å²) in [7, 11) is -0.973. The SMILES string of the molecule is CC(C)S(=O)CCC(=O)O. The van der Waals surface area contributed by atoms with E-state index >= 15 is 0 Å². The minimum absolute atomic E-state index is 0.00475. The molecule has 0 aliphatic rings. The van der Waals surface area contributed by atoms with Gasteiger partial charge in [-0.25, -0.2) is 0 Å². The van der Waals surface area contributed by atoms with Gasteiger partial charge in [-0.1, -0.05) is 13.8 Å². The van der Waals surface area contributed by atoms with Crippen LogP contribution in [0.5, 0.6) is 0 Å². The van der Waals surface area contributed by atoms with Crippen LogP contribution in [0.1, 0.15) is 20.3 Å². The lowest BCUT2D eigenvalue weighted by atomic mass is 10.5. The Morgan fingerprint density at radius 1 is 1.60 bits per heavy atom. The molecule has 3 nitrogen and oxygen atoms in total. The quantitative estimate of drug-likeness (QED) is 0.662. The van der Waals surface area contributed by atoms with E-state index < -0.39 is 16.8 Å². The summed E-state index contributed by atoms with van der Waals surface area (Å²) in [5, 5.41) is 8.28. The molecule has 60 valence electrons. The van der Waals surface area contributed by atoms with Crippen LogP contribution in [0.4, 0.5) is 0 Å². The van der Waals surface area contributed by atoms with Crippen LogP contribution in [-0.2, 0) is 15.6 Å². The molecule has 0 aromatic rings. The third-order valence-electron chi connectivity index (χ3n) is 1.04. The van der Waals surface area contributed by atoms with Crippen LogP contribution in [0.2, 0.25) is 0 Å². The van der Waals surface area contributed by atoms with E-state index in [1.54, 1.807) is 0 Å². The van der Waals surface area contributed by atoms with Gasteiger partial charge >= 0.3 is 5.97 Å². The van der Waals surface area contributed by atoms with Crippen molar-refractivity contribution >= 4 is 16.8 Å². The van der Waals surface area contributed by atoms with Gasteiger partial charge in [0.15, 0.2) is 0 Å². The van der Waals surface area contributed by atoms with Gasteiger partial charge in [-0.05, 0) is 0 Å². The Balaban J connectivity index is 3.50. The van der Waals surface area contributed by atoms with E-state index in [4.69, 9.17) is 5.11 Å². The first-order valence-electron chi connectivity index (χ1n) is 3.13. The summed E-state index contributed by atoms with van der Waals surface area (Å²) >= 11 is 0. The molecule has 1 N–H and O–H groups in total. The van der Waals surface area contributed by atoms with Crippen LogP contribution in [0, 0.1) is 0 Å². The molecule has 0 amide bonds. The van der Waals surface area contributed by atoms with Crippen LogP contribution in [0.3, 0.4) is 0 Å². The van der Waals surface area contributed by atoms with Gasteiger partial charge in [0, 0.05) is 21.8 Å². The normalized spacial score (nSPS) is 13.5. The molecule has 4 heteroatoms. The standard InChI is InChI=1S/C6H12O3S/c1-5(2)10(9)4-3-6(7)8/h5H,3-4H2,1-2H3,(H,7,8). The molecular weight excluding hydrogens is 152 g/mol. The minimum Gasteiger partial charge on any atom is -0.481 e. The van der Waals surface area contributed by atoms with Crippen molar-refractivity contribution in [3.05, 3.63) is 0 Å². The van der Waals surface area contributed by atoms with Gasteiger partial charge in [0.25, 0.3) is 0 Å². The van der Waals surface area contributed by atoms with Crippen LogP contribution in [0.25, 0.3) is 0 Å². The average Bonchev–Trinajstić information content (AvgIpc) is 1.82. The molecular formula is C6H12O3S. The van der Waals surface area contributed by atoms with Gasteiger partial charge < -0.3 is 5.11 Å². The molecule has 0 aliphatic carbocycles. The summed E-state index contributed by atoms with van der Waals surface area (Å²) in [4.78, 5) is 9.99. The van der Waals surface area contributed by atoms with Crippen LogP contribution < -0.4 is 0 Å². The first-order valence-corrected chi connectivity index (χ1v) is 4.51. The van der Waals surface area contributed by atoms with Crippen molar-refractivity contribution in [2.45, 2.75) is 25.5 Å². The summed E-state index contributed by atoms with van der Waals surface area (Å²) < 4.78 is 10.9. The molecule has 0 aliphatic heterocycles. The third kappa shape index (κ3) is 4.49. The highest BCUT2D eigenvalue weighted by Gasteiger charge is 2.06. The topological polar surface area (TPSA) is 54.4 Å². The third-order valence-corrected chi connectivity index (χ3v) is 2.70. The molecule has 0 heterocycles. The molecule has 0 fully saturated rings. The van der Waals surface area contributed by atoms with Gasteiger partial charge in [0.2, 0.25) is 0 Å². The Hall–Kier alpha value is -0.380. The monoisotopic (exact) mass is 164 g/mol. The fourth-order valence-electron chi connectivity index (χ4n) is 0.424. The zero-order chi connectivity index (χ0) is 8.15. The van der Waals surface area contributed by atoms with Crippen LogP contribution in [0.15, 0.2) is 0 Å². The van der Waals surface area contributed by atoms with Crippen LogP contribution in [-0.4, -0.2) is 26.3 Å². The maximum Gasteiger partial charge on any atom is 0.304 e. The Bertz CT molecular complexity index is 142. The first kappa shape index (κ1) is 9.62. The Morgan fingerprint density at radius 3 is 2.40 bits per heavy atom. The van der Waals surface area contributed by atoms with Crippen LogP contribution >= 0.6 is 0 Å². The minimum atomic E-state index is -0.973. The van der Waals surface area contributed by atoms with Gasteiger partial charge in [-0.2, -0.15) is 0 Å². The molecule has 0 aromatic carbocycles. The lowest BCUT2D eigenvalue weighted by molar-refractivity contribution is -0.136. The van der Waals surface area contributed by atoms with E-state index in [2.05, 4.69) is 0 Å². The second-order valence-corrected chi connectivity index (χ2v) is 4.39. The summed E-state index contributed by atoms with van der Waals surface area (Å²) in [5.41, 5.74) is 0. The number of hydrogen-bond donors (Lipinski definition) is 1. The Kier molecular flexibility index (Phi) is 4.27. The summed E-state index contributed by atoms with van der Waals surface area (Å²) in [6.45, 7) is 3.63. The summed E-state index contributed by atoms with van der Waals surface area (Å²) in [5.74, 6) is -0.610. The molecule has 1 atom stereocenters. The van der Waals surface area contributed by atoms with E-state index in [1.165, 1.54) is 0 Å². The fourth-order valence-corrected chi connectivity index (χ4v) is 1.27. The highest BCUT2D eigenvalue weighted by atomic mass is 32.2. The molecule has 10 heavy (non-hydrogen) atoms. The predicted molar refractivity (Wildman–Crippen MR) is 40.4 cm³/mol. The smallest absolute Gasteiger partial charge is 0.304 e. The van der Waals surface area contributed by atoms with Gasteiger partial charge in [0.1, 0.15) is 0 Å². The van der Waals surface area contributed by atoms with E-state index in [0.717, 1.165) is 0 Å². The molecule has 0 bridgehead atoms. The number of rotatable bonds is 4. The van der Waals surface area contributed by atoms with E-state index in [0.29, 0.717) is 0 Å². The van der Waals surface area contributed by atoms with E-state index in [-0.39, 0.29) is 17.4 Å². The molecule has 1 unspecified atom stereocenters. The Morgan fingerprint density at radius 2 is 2.10 bits per heavy atom. The van der Waals surface area contributed by atoms with Gasteiger partial charge in [0.05, 0.1) is 6.42 Å². The second kappa shape index (κ2) is 4.44. The number of carboxylic acids is 1. The summed E-state index contributed by atoms with van der Waals surface area (Å²) in [6, 6.07) is 0. The van der Waals surface area contributed by atoms with Crippen molar-refractivity contribution in [2.75, 3.05) is 5.75 Å². The summed E-state index contributed by atoms with van der Waals surface area (Å²) in [6.07, 6.45) is 0.00475. The average molecular weight is 164 g/mol. The zero-order valence-electron chi connectivity index (χ0n) is 6.16. The molecule has 0 spiro atoms. The number of carboxylic acid groups (broad SMARTS) is 1. The van der Waals surface area contributed by atoms with Gasteiger partial charge in [-0.15, -0.1) is 0 Å². The number of carbonyl (C=O) groups is 1. The highest BCUT2D eigenvalue weighted by Crippen LogP contribution is 1.95. The first-order chi connectivity index (χ1) is 4.54. The van der Waals surface area contributed by atoms with Crippen molar-refractivity contribution in [1.82, 2.24) is 0 Å². The maximum absolute atomic E-state index is 10.9. The Labute approximate surface area is 62.9 Å².